The van der Waals surface area contributed by atoms with Gasteiger partial charge in [0.25, 0.3) is 5.91 Å². The largest absolute Gasteiger partial charge is 0.324 e. The number of nitrogens with one attached hydrogen (secondary N) is 2. The molecule has 1 aromatic rings. The van der Waals surface area contributed by atoms with E-state index >= 15 is 0 Å². The number of carbonyl (C=O) groups is 2. The molecular formula is C13H17N3O4S. The highest BCUT2D eigenvalue weighted by Crippen LogP contribution is 2.23. The Balaban J connectivity index is 2.23. The Bertz CT molecular complexity index is 672. The lowest BCUT2D eigenvalue weighted by atomic mass is 10.1. The van der Waals surface area contributed by atoms with E-state index in [2.05, 4.69) is 10.0 Å². The summed E-state index contributed by atoms with van der Waals surface area (Å²) in [6, 6.07) is 5.20. The maximum absolute atomic E-state index is 11.9. The summed E-state index contributed by atoms with van der Waals surface area (Å²) in [5.74, 6) is -0.340. The molecule has 1 unspecified atom stereocenters. The molecule has 1 aromatic carbocycles. The third-order valence-electron chi connectivity index (χ3n) is 3.12. The van der Waals surface area contributed by atoms with Crippen molar-refractivity contribution >= 4 is 27.6 Å². The number of rotatable bonds is 5. The molecule has 2 N–H and O–H groups in total. The topological polar surface area (TPSA) is 95.6 Å². The van der Waals surface area contributed by atoms with Crippen molar-refractivity contribution in [1.29, 1.82) is 0 Å². The van der Waals surface area contributed by atoms with Gasteiger partial charge in [0.1, 0.15) is 6.04 Å². The molecule has 8 heteroatoms. The second-order valence-electron chi connectivity index (χ2n) is 4.83. The Labute approximate surface area is 123 Å². The molecule has 1 heterocycles. The van der Waals surface area contributed by atoms with Crippen molar-refractivity contribution < 1.29 is 18.0 Å². The van der Waals surface area contributed by atoms with Gasteiger partial charge in [-0.3, -0.25) is 14.4 Å². The van der Waals surface area contributed by atoms with Gasteiger partial charge in [-0.05, 0) is 24.1 Å². The van der Waals surface area contributed by atoms with Gasteiger partial charge in [-0.1, -0.05) is 19.1 Å². The van der Waals surface area contributed by atoms with Crippen LogP contribution in [0.15, 0.2) is 24.3 Å². The number of benzene rings is 1. The minimum Gasteiger partial charge on any atom is -0.322 e. The van der Waals surface area contributed by atoms with Gasteiger partial charge in [-0.15, -0.1) is 0 Å². The number of hydrogen-bond donors (Lipinski definition) is 2. The molecule has 0 aliphatic carbocycles. The fourth-order valence-electron chi connectivity index (χ4n) is 2.08. The monoisotopic (exact) mass is 311 g/mol. The standard InChI is InChI=1S/C13H17N3O4S/c1-3-7-21(19,20)15-10-6-4-5-9(8-10)11-12(17)16(2)13(18)14-11/h4-6,8,11,15H,3,7H2,1-2H3,(H,14,18). The number of imide groups is 1. The van der Waals surface area contributed by atoms with Gasteiger partial charge >= 0.3 is 6.03 Å². The van der Waals surface area contributed by atoms with Crippen LogP contribution in [-0.4, -0.2) is 38.1 Å². The fourth-order valence-corrected chi connectivity index (χ4v) is 3.21. The highest BCUT2D eigenvalue weighted by atomic mass is 32.2. The zero-order valence-corrected chi connectivity index (χ0v) is 12.6. The van der Waals surface area contributed by atoms with E-state index < -0.39 is 22.1 Å². The number of urea groups is 1. The molecule has 1 aliphatic rings. The maximum atomic E-state index is 11.9. The van der Waals surface area contributed by atoms with Gasteiger partial charge in [0.05, 0.1) is 5.75 Å². The molecule has 21 heavy (non-hydrogen) atoms. The Morgan fingerprint density at radius 3 is 2.62 bits per heavy atom. The zero-order valence-electron chi connectivity index (χ0n) is 11.8. The third kappa shape index (κ3) is 3.33. The predicted octanol–water partition coefficient (Wildman–Crippen LogP) is 1.06. The normalized spacial score (nSPS) is 18.8. The molecule has 0 radical (unpaired) electrons. The van der Waals surface area contributed by atoms with Crippen molar-refractivity contribution in [2.75, 3.05) is 17.5 Å². The molecule has 1 saturated heterocycles. The van der Waals surface area contributed by atoms with Crippen molar-refractivity contribution in [3.05, 3.63) is 29.8 Å². The number of carbonyl (C=O) groups excluding carboxylic acids is 2. The SMILES string of the molecule is CCCS(=O)(=O)Nc1cccc(C2NC(=O)N(C)C2=O)c1. The highest BCUT2D eigenvalue weighted by molar-refractivity contribution is 7.92. The van der Waals surface area contributed by atoms with Crippen LogP contribution in [-0.2, 0) is 14.8 Å². The van der Waals surface area contributed by atoms with E-state index in [4.69, 9.17) is 0 Å². The number of sulfonamides is 1. The quantitative estimate of drug-likeness (QED) is 0.795. The van der Waals surface area contributed by atoms with E-state index in [-0.39, 0.29) is 11.7 Å². The van der Waals surface area contributed by atoms with Crippen LogP contribution in [0.2, 0.25) is 0 Å². The van der Waals surface area contributed by atoms with Crippen molar-refractivity contribution in [1.82, 2.24) is 10.2 Å². The summed E-state index contributed by atoms with van der Waals surface area (Å²) < 4.78 is 25.9. The van der Waals surface area contributed by atoms with Gasteiger partial charge in [0, 0.05) is 12.7 Å². The van der Waals surface area contributed by atoms with E-state index in [1.165, 1.54) is 7.05 Å². The number of anilines is 1. The lowest BCUT2D eigenvalue weighted by Crippen LogP contribution is -2.25. The Hall–Kier alpha value is -2.09. The van der Waals surface area contributed by atoms with Gasteiger partial charge in [-0.2, -0.15) is 0 Å². The molecule has 0 spiro atoms. The lowest BCUT2D eigenvalue weighted by molar-refractivity contribution is -0.126. The number of hydrogen-bond acceptors (Lipinski definition) is 4. The molecule has 0 aromatic heterocycles. The minimum atomic E-state index is -3.39. The number of nitrogens with zero attached hydrogens (tertiary/aromatic N) is 1. The number of likely N-dealkylation sites (N-methyl/N-ethyl adjacent to an activating group) is 1. The van der Waals surface area contributed by atoms with E-state index in [1.807, 2.05) is 0 Å². The second kappa shape index (κ2) is 5.72. The molecule has 114 valence electrons. The Morgan fingerprint density at radius 1 is 1.33 bits per heavy atom. The lowest BCUT2D eigenvalue weighted by Gasteiger charge is -2.12. The van der Waals surface area contributed by atoms with Crippen LogP contribution >= 0.6 is 0 Å². The van der Waals surface area contributed by atoms with Crippen molar-refractivity contribution in [3.8, 4) is 0 Å². The molecule has 0 bridgehead atoms. The van der Waals surface area contributed by atoms with Crippen molar-refractivity contribution in [3.63, 3.8) is 0 Å². The van der Waals surface area contributed by atoms with Gasteiger partial charge in [-0.25, -0.2) is 13.2 Å². The molecule has 1 aliphatic heterocycles. The van der Waals surface area contributed by atoms with Crippen LogP contribution in [0.1, 0.15) is 24.9 Å². The molecular weight excluding hydrogens is 294 g/mol. The average Bonchev–Trinajstić information content (AvgIpc) is 2.66. The third-order valence-corrected chi connectivity index (χ3v) is 4.61. The summed E-state index contributed by atoms with van der Waals surface area (Å²) in [6.45, 7) is 1.78. The molecule has 0 saturated carbocycles. The van der Waals surface area contributed by atoms with Crippen molar-refractivity contribution in [2.45, 2.75) is 19.4 Å². The summed E-state index contributed by atoms with van der Waals surface area (Å²) in [5, 5.41) is 2.55. The fraction of sp³-hybridized carbons (Fsp3) is 0.385. The van der Waals surface area contributed by atoms with E-state index in [9.17, 15) is 18.0 Å². The van der Waals surface area contributed by atoms with Crippen LogP contribution in [0, 0.1) is 0 Å². The van der Waals surface area contributed by atoms with Crippen LogP contribution < -0.4 is 10.0 Å². The van der Waals surface area contributed by atoms with E-state index in [0.29, 0.717) is 17.7 Å². The summed E-state index contributed by atoms with van der Waals surface area (Å²) >= 11 is 0. The molecule has 3 amide bonds. The summed E-state index contributed by atoms with van der Waals surface area (Å²) in [6.07, 6.45) is 0.511. The Morgan fingerprint density at radius 2 is 2.05 bits per heavy atom. The molecule has 1 fully saturated rings. The first-order valence-corrected chi connectivity index (χ1v) is 8.18. The summed E-state index contributed by atoms with van der Waals surface area (Å²) in [5.41, 5.74) is 0.909. The zero-order chi connectivity index (χ0) is 15.6. The molecule has 7 nitrogen and oxygen atoms in total. The van der Waals surface area contributed by atoms with E-state index in [0.717, 1.165) is 4.90 Å². The first kappa shape index (κ1) is 15.3. The van der Waals surface area contributed by atoms with Gasteiger partial charge in [0.15, 0.2) is 0 Å². The first-order valence-electron chi connectivity index (χ1n) is 6.52. The van der Waals surface area contributed by atoms with Crippen LogP contribution in [0.25, 0.3) is 0 Å². The van der Waals surface area contributed by atoms with Crippen LogP contribution in [0.4, 0.5) is 10.5 Å². The first-order chi connectivity index (χ1) is 9.84. The summed E-state index contributed by atoms with van der Waals surface area (Å²) in [7, 11) is -2.00. The highest BCUT2D eigenvalue weighted by Gasteiger charge is 2.36. The van der Waals surface area contributed by atoms with Gasteiger partial charge in [0.2, 0.25) is 10.0 Å². The van der Waals surface area contributed by atoms with Crippen LogP contribution in [0.5, 0.6) is 0 Å². The van der Waals surface area contributed by atoms with Gasteiger partial charge < -0.3 is 5.32 Å². The van der Waals surface area contributed by atoms with Crippen LogP contribution in [0.3, 0.4) is 0 Å². The minimum absolute atomic E-state index is 0.0268. The predicted molar refractivity (Wildman–Crippen MR) is 78.2 cm³/mol. The van der Waals surface area contributed by atoms with Crippen molar-refractivity contribution in [2.24, 2.45) is 0 Å². The number of amides is 3. The smallest absolute Gasteiger partial charge is 0.322 e. The molecule has 2 rings (SSSR count). The Kier molecular flexibility index (Phi) is 4.17. The second-order valence-corrected chi connectivity index (χ2v) is 6.67. The molecule has 1 atom stereocenters. The maximum Gasteiger partial charge on any atom is 0.324 e. The average molecular weight is 311 g/mol. The van der Waals surface area contributed by atoms with E-state index in [1.54, 1.807) is 31.2 Å². The summed E-state index contributed by atoms with van der Waals surface area (Å²) in [4.78, 5) is 24.4.